The molecule has 0 aliphatic heterocycles. The third-order valence-electron chi connectivity index (χ3n) is 4.41. The normalized spacial score (nSPS) is 11.0. The van der Waals surface area contributed by atoms with Crippen LogP contribution >= 0.6 is 0 Å². The molecular formula is C19H18O3. The molecule has 0 saturated carbocycles. The Labute approximate surface area is 129 Å². The van der Waals surface area contributed by atoms with E-state index in [0.717, 1.165) is 10.8 Å². The zero-order valence-corrected chi connectivity index (χ0v) is 12.8. The number of phenols is 3. The number of benzene rings is 3. The standard InChI is InChI=1S/C19H18O3/c1-10-11(2)18(21)16(12(3)17(10)20)15-9-8-13-6-4-5-7-14(13)19(15)22/h4-9,20-22H,1-3H3. The molecule has 3 nitrogen and oxygen atoms in total. The second kappa shape index (κ2) is 4.95. The summed E-state index contributed by atoms with van der Waals surface area (Å²) in [5.74, 6) is 0.357. The fourth-order valence-electron chi connectivity index (χ4n) is 2.91. The molecule has 0 amide bonds. The van der Waals surface area contributed by atoms with Crippen molar-refractivity contribution in [3.63, 3.8) is 0 Å². The largest absolute Gasteiger partial charge is 0.507 e. The number of phenolic OH excluding ortho intramolecular Hbond substituents is 3. The molecule has 3 aromatic rings. The van der Waals surface area contributed by atoms with E-state index in [1.807, 2.05) is 30.3 Å². The van der Waals surface area contributed by atoms with Crippen molar-refractivity contribution < 1.29 is 15.3 Å². The molecule has 3 aromatic carbocycles. The van der Waals surface area contributed by atoms with Crippen molar-refractivity contribution in [3.8, 4) is 28.4 Å². The molecule has 0 radical (unpaired) electrons. The fourth-order valence-corrected chi connectivity index (χ4v) is 2.91. The third-order valence-corrected chi connectivity index (χ3v) is 4.41. The van der Waals surface area contributed by atoms with Crippen LogP contribution in [-0.4, -0.2) is 15.3 Å². The SMILES string of the molecule is Cc1c(C)c(O)c(-c2ccc3ccccc3c2O)c(C)c1O. The van der Waals surface area contributed by atoms with Gasteiger partial charge in [0.2, 0.25) is 0 Å². The summed E-state index contributed by atoms with van der Waals surface area (Å²) in [6, 6.07) is 11.2. The Balaban J connectivity index is 2.40. The minimum atomic E-state index is 0.0957. The molecule has 0 unspecified atom stereocenters. The number of aromatic hydroxyl groups is 3. The van der Waals surface area contributed by atoms with E-state index in [2.05, 4.69) is 0 Å². The van der Waals surface area contributed by atoms with Crippen LogP contribution in [0.3, 0.4) is 0 Å². The van der Waals surface area contributed by atoms with Gasteiger partial charge >= 0.3 is 0 Å². The Morgan fingerprint density at radius 1 is 0.636 bits per heavy atom. The number of hydrogen-bond acceptors (Lipinski definition) is 3. The molecule has 22 heavy (non-hydrogen) atoms. The Morgan fingerprint density at radius 3 is 2.00 bits per heavy atom. The number of hydrogen-bond donors (Lipinski definition) is 3. The minimum Gasteiger partial charge on any atom is -0.507 e. The molecule has 0 aliphatic rings. The smallest absolute Gasteiger partial charge is 0.131 e. The first-order valence-corrected chi connectivity index (χ1v) is 7.16. The highest BCUT2D eigenvalue weighted by molar-refractivity contribution is 5.96. The quantitative estimate of drug-likeness (QED) is 0.577. The van der Waals surface area contributed by atoms with Gasteiger partial charge in [-0.2, -0.15) is 0 Å². The average molecular weight is 294 g/mol. The van der Waals surface area contributed by atoms with Gasteiger partial charge in [0.25, 0.3) is 0 Å². The summed E-state index contributed by atoms with van der Waals surface area (Å²) in [7, 11) is 0. The predicted octanol–water partition coefficient (Wildman–Crippen LogP) is 4.55. The summed E-state index contributed by atoms with van der Waals surface area (Å²) in [5.41, 5.74) is 2.83. The molecule has 3 N–H and O–H groups in total. The predicted molar refractivity (Wildman–Crippen MR) is 88.6 cm³/mol. The molecule has 0 aromatic heterocycles. The van der Waals surface area contributed by atoms with E-state index in [4.69, 9.17) is 0 Å². The highest BCUT2D eigenvalue weighted by Gasteiger charge is 2.20. The van der Waals surface area contributed by atoms with Crippen molar-refractivity contribution in [2.75, 3.05) is 0 Å². The Bertz CT molecular complexity index is 866. The molecule has 0 heterocycles. The summed E-state index contributed by atoms with van der Waals surface area (Å²) in [4.78, 5) is 0. The Kier molecular flexibility index (Phi) is 3.21. The van der Waals surface area contributed by atoms with Crippen LogP contribution in [0.1, 0.15) is 16.7 Å². The van der Waals surface area contributed by atoms with Crippen LogP contribution in [0.5, 0.6) is 17.2 Å². The van der Waals surface area contributed by atoms with Gasteiger partial charge in [-0.05, 0) is 43.4 Å². The van der Waals surface area contributed by atoms with Gasteiger partial charge in [-0.1, -0.05) is 30.3 Å². The van der Waals surface area contributed by atoms with Crippen LogP contribution in [0, 0.1) is 20.8 Å². The summed E-state index contributed by atoms with van der Waals surface area (Å²) < 4.78 is 0. The van der Waals surface area contributed by atoms with Crippen molar-refractivity contribution in [1.29, 1.82) is 0 Å². The average Bonchev–Trinajstić information content (AvgIpc) is 2.53. The molecule has 0 aliphatic carbocycles. The first-order valence-electron chi connectivity index (χ1n) is 7.16. The monoisotopic (exact) mass is 294 g/mol. The first-order chi connectivity index (χ1) is 10.4. The molecule has 3 heteroatoms. The van der Waals surface area contributed by atoms with Crippen LogP contribution in [0.2, 0.25) is 0 Å². The van der Waals surface area contributed by atoms with Crippen LogP contribution in [0.4, 0.5) is 0 Å². The fraction of sp³-hybridized carbons (Fsp3) is 0.158. The molecule has 0 spiro atoms. The summed E-state index contributed by atoms with van der Waals surface area (Å²) in [6.07, 6.45) is 0. The lowest BCUT2D eigenvalue weighted by Crippen LogP contribution is -1.93. The van der Waals surface area contributed by atoms with E-state index in [0.29, 0.717) is 27.8 Å². The van der Waals surface area contributed by atoms with E-state index in [-0.39, 0.29) is 17.2 Å². The maximum Gasteiger partial charge on any atom is 0.131 e. The van der Waals surface area contributed by atoms with Crippen molar-refractivity contribution in [2.24, 2.45) is 0 Å². The maximum absolute atomic E-state index is 10.6. The van der Waals surface area contributed by atoms with E-state index in [1.54, 1.807) is 26.8 Å². The van der Waals surface area contributed by atoms with Gasteiger partial charge < -0.3 is 15.3 Å². The zero-order valence-electron chi connectivity index (χ0n) is 12.8. The minimum absolute atomic E-state index is 0.0957. The summed E-state index contributed by atoms with van der Waals surface area (Å²) >= 11 is 0. The summed E-state index contributed by atoms with van der Waals surface area (Å²) in [5, 5.41) is 33.0. The Hall–Kier alpha value is -2.68. The van der Waals surface area contributed by atoms with Gasteiger partial charge in [0.05, 0.1) is 0 Å². The zero-order chi connectivity index (χ0) is 16.0. The maximum atomic E-state index is 10.6. The van der Waals surface area contributed by atoms with Crippen LogP contribution < -0.4 is 0 Å². The topological polar surface area (TPSA) is 60.7 Å². The van der Waals surface area contributed by atoms with E-state index in [9.17, 15) is 15.3 Å². The van der Waals surface area contributed by atoms with Crippen molar-refractivity contribution in [1.82, 2.24) is 0 Å². The summed E-state index contributed by atoms with van der Waals surface area (Å²) in [6.45, 7) is 5.26. The van der Waals surface area contributed by atoms with E-state index < -0.39 is 0 Å². The third kappa shape index (κ3) is 1.90. The van der Waals surface area contributed by atoms with Gasteiger partial charge in [0, 0.05) is 22.1 Å². The number of rotatable bonds is 1. The van der Waals surface area contributed by atoms with Gasteiger partial charge in [-0.3, -0.25) is 0 Å². The lowest BCUT2D eigenvalue weighted by Gasteiger charge is -2.17. The lowest BCUT2D eigenvalue weighted by molar-refractivity contribution is 0.450. The van der Waals surface area contributed by atoms with Crippen molar-refractivity contribution in [2.45, 2.75) is 20.8 Å². The highest BCUT2D eigenvalue weighted by atomic mass is 16.3. The molecule has 0 saturated heterocycles. The van der Waals surface area contributed by atoms with Gasteiger partial charge in [0.1, 0.15) is 17.2 Å². The highest BCUT2D eigenvalue weighted by Crippen LogP contribution is 2.46. The van der Waals surface area contributed by atoms with E-state index >= 15 is 0 Å². The molecule has 0 atom stereocenters. The molecular weight excluding hydrogens is 276 g/mol. The van der Waals surface area contributed by atoms with Crippen LogP contribution in [-0.2, 0) is 0 Å². The van der Waals surface area contributed by atoms with E-state index in [1.165, 1.54) is 0 Å². The van der Waals surface area contributed by atoms with Crippen LogP contribution in [0.25, 0.3) is 21.9 Å². The van der Waals surface area contributed by atoms with Gasteiger partial charge in [-0.15, -0.1) is 0 Å². The molecule has 0 bridgehead atoms. The van der Waals surface area contributed by atoms with Crippen LogP contribution in [0.15, 0.2) is 36.4 Å². The molecule has 112 valence electrons. The van der Waals surface area contributed by atoms with Gasteiger partial charge in [-0.25, -0.2) is 0 Å². The first kappa shape index (κ1) is 14.3. The second-order valence-corrected chi connectivity index (χ2v) is 5.63. The van der Waals surface area contributed by atoms with Crippen molar-refractivity contribution >= 4 is 10.8 Å². The molecule has 3 rings (SSSR count). The number of fused-ring (bicyclic) bond motifs is 1. The van der Waals surface area contributed by atoms with Gasteiger partial charge in [0.15, 0.2) is 0 Å². The molecule has 0 fully saturated rings. The van der Waals surface area contributed by atoms with Crippen molar-refractivity contribution in [3.05, 3.63) is 53.1 Å². The lowest BCUT2D eigenvalue weighted by atomic mass is 9.91. The second-order valence-electron chi connectivity index (χ2n) is 5.63. The Morgan fingerprint density at radius 2 is 1.27 bits per heavy atom.